The smallest absolute Gasteiger partial charge is 0.335 e. The Balaban J connectivity index is 1.79. The summed E-state index contributed by atoms with van der Waals surface area (Å²) in [4.78, 5) is 25.5. The van der Waals surface area contributed by atoms with Gasteiger partial charge >= 0.3 is 5.97 Å². The molecule has 1 fully saturated rings. The van der Waals surface area contributed by atoms with Gasteiger partial charge in [0.2, 0.25) is 0 Å². The molecule has 4 nitrogen and oxygen atoms in total. The van der Waals surface area contributed by atoms with Gasteiger partial charge in [0.15, 0.2) is 0 Å². The van der Waals surface area contributed by atoms with Crippen LogP contribution in [0.2, 0.25) is 0 Å². The van der Waals surface area contributed by atoms with Crippen molar-refractivity contribution in [1.29, 1.82) is 0 Å². The monoisotopic (exact) mass is 355 g/mol. The van der Waals surface area contributed by atoms with E-state index in [1.54, 1.807) is 23.1 Å². The van der Waals surface area contributed by atoms with Gasteiger partial charge in [-0.05, 0) is 29.3 Å². The Hall–Kier alpha value is -2.44. The Morgan fingerprint density at radius 1 is 1.12 bits per heavy atom. The average molecular weight is 355 g/mol. The highest BCUT2D eigenvalue weighted by Gasteiger charge is 2.31. The molecule has 1 aliphatic heterocycles. The highest BCUT2D eigenvalue weighted by atomic mass is 32.2. The van der Waals surface area contributed by atoms with Crippen LogP contribution in [0.1, 0.15) is 21.5 Å². The molecule has 3 rings (SSSR count). The second kappa shape index (κ2) is 6.98. The molecule has 2 aromatic rings. The zero-order valence-electron chi connectivity index (χ0n) is 12.5. The standard InChI is InChI=1S/C18H13NO3S2/c20-16-15(10-12-6-8-14(9-7-12)17(21)22)24-18(23)19(16)11-13-4-2-1-3-5-13/h1-10H,11H2,(H,21,22). The molecule has 0 spiro atoms. The maximum Gasteiger partial charge on any atom is 0.335 e. The first-order valence-electron chi connectivity index (χ1n) is 7.17. The fraction of sp³-hybridized carbons (Fsp3) is 0.0556. The summed E-state index contributed by atoms with van der Waals surface area (Å²) in [5.74, 6) is -1.10. The third kappa shape index (κ3) is 3.55. The highest BCUT2D eigenvalue weighted by Crippen LogP contribution is 2.33. The van der Waals surface area contributed by atoms with Gasteiger partial charge in [-0.25, -0.2) is 4.79 Å². The van der Waals surface area contributed by atoms with Crippen LogP contribution in [-0.4, -0.2) is 26.2 Å². The van der Waals surface area contributed by atoms with Crippen LogP contribution in [0.25, 0.3) is 6.08 Å². The number of rotatable bonds is 4. The number of benzene rings is 2. The molecule has 1 amide bonds. The van der Waals surface area contributed by atoms with Crippen molar-refractivity contribution in [3.8, 4) is 0 Å². The van der Waals surface area contributed by atoms with E-state index in [0.717, 1.165) is 11.1 Å². The van der Waals surface area contributed by atoms with Crippen LogP contribution < -0.4 is 0 Å². The van der Waals surface area contributed by atoms with Crippen LogP contribution in [0, 0.1) is 0 Å². The Morgan fingerprint density at radius 3 is 2.42 bits per heavy atom. The summed E-state index contributed by atoms with van der Waals surface area (Å²) in [6.07, 6.45) is 1.73. The van der Waals surface area contributed by atoms with Gasteiger partial charge in [0.25, 0.3) is 5.91 Å². The summed E-state index contributed by atoms with van der Waals surface area (Å²) in [7, 11) is 0. The van der Waals surface area contributed by atoms with Crippen LogP contribution in [0.4, 0.5) is 0 Å². The lowest BCUT2D eigenvalue weighted by Gasteiger charge is -2.14. The number of carbonyl (C=O) groups is 2. The van der Waals surface area contributed by atoms with Crippen LogP contribution in [0.5, 0.6) is 0 Å². The lowest BCUT2D eigenvalue weighted by Crippen LogP contribution is -2.27. The number of nitrogens with zero attached hydrogens (tertiary/aromatic N) is 1. The minimum absolute atomic E-state index is 0.129. The van der Waals surface area contributed by atoms with E-state index >= 15 is 0 Å². The Kier molecular flexibility index (Phi) is 4.78. The first kappa shape index (κ1) is 16.4. The maximum atomic E-state index is 12.6. The molecule has 1 aliphatic rings. The zero-order valence-corrected chi connectivity index (χ0v) is 14.1. The number of hydrogen-bond acceptors (Lipinski definition) is 4. The number of amides is 1. The molecule has 0 bridgehead atoms. The van der Waals surface area contributed by atoms with Gasteiger partial charge in [-0.3, -0.25) is 9.69 Å². The van der Waals surface area contributed by atoms with Crippen molar-refractivity contribution in [2.24, 2.45) is 0 Å². The van der Waals surface area contributed by atoms with E-state index in [-0.39, 0.29) is 11.5 Å². The fourth-order valence-electron chi connectivity index (χ4n) is 2.28. The van der Waals surface area contributed by atoms with Crippen LogP contribution in [-0.2, 0) is 11.3 Å². The first-order valence-corrected chi connectivity index (χ1v) is 8.40. The van der Waals surface area contributed by atoms with Gasteiger partial charge in [0.05, 0.1) is 17.0 Å². The van der Waals surface area contributed by atoms with E-state index in [2.05, 4.69) is 0 Å². The van der Waals surface area contributed by atoms with E-state index < -0.39 is 5.97 Å². The molecule has 0 aromatic heterocycles. The minimum Gasteiger partial charge on any atom is -0.478 e. The van der Waals surface area contributed by atoms with Crippen molar-refractivity contribution in [2.75, 3.05) is 0 Å². The maximum absolute atomic E-state index is 12.6. The topological polar surface area (TPSA) is 57.6 Å². The number of aromatic carboxylic acids is 1. The normalized spacial score (nSPS) is 16.0. The Morgan fingerprint density at radius 2 is 1.79 bits per heavy atom. The van der Waals surface area contributed by atoms with E-state index in [4.69, 9.17) is 17.3 Å². The van der Waals surface area contributed by atoms with Crippen molar-refractivity contribution in [3.63, 3.8) is 0 Å². The van der Waals surface area contributed by atoms with Crippen LogP contribution in [0.3, 0.4) is 0 Å². The van der Waals surface area contributed by atoms with E-state index in [1.165, 1.54) is 23.9 Å². The highest BCUT2D eigenvalue weighted by molar-refractivity contribution is 8.26. The van der Waals surface area contributed by atoms with E-state index in [1.807, 2.05) is 30.3 Å². The molecular weight excluding hydrogens is 342 g/mol. The van der Waals surface area contributed by atoms with Crippen molar-refractivity contribution in [2.45, 2.75) is 6.54 Å². The van der Waals surface area contributed by atoms with Crippen LogP contribution in [0.15, 0.2) is 59.5 Å². The van der Waals surface area contributed by atoms with Crippen LogP contribution >= 0.6 is 24.0 Å². The summed E-state index contributed by atoms with van der Waals surface area (Å²) in [5.41, 5.74) is 1.99. The van der Waals surface area contributed by atoms with Gasteiger partial charge in [-0.1, -0.05) is 66.4 Å². The van der Waals surface area contributed by atoms with Crippen molar-refractivity contribution < 1.29 is 14.7 Å². The predicted octanol–water partition coefficient (Wildman–Crippen LogP) is 3.79. The second-order valence-electron chi connectivity index (χ2n) is 5.18. The zero-order chi connectivity index (χ0) is 17.1. The quantitative estimate of drug-likeness (QED) is 0.668. The number of carboxylic acids is 1. The molecule has 0 radical (unpaired) electrons. The molecule has 0 saturated carbocycles. The average Bonchev–Trinajstić information content (AvgIpc) is 2.84. The first-order chi connectivity index (χ1) is 11.5. The van der Waals surface area contributed by atoms with E-state index in [9.17, 15) is 9.59 Å². The number of thiocarbonyl (C=S) groups is 1. The Labute approximate surface area is 148 Å². The fourth-order valence-corrected chi connectivity index (χ4v) is 3.53. The Bertz CT molecular complexity index is 829. The third-order valence-electron chi connectivity index (χ3n) is 3.51. The molecule has 0 unspecified atom stereocenters. The second-order valence-corrected chi connectivity index (χ2v) is 6.86. The molecule has 1 N–H and O–H groups in total. The predicted molar refractivity (Wildman–Crippen MR) is 98.6 cm³/mol. The van der Waals surface area contributed by atoms with Crippen molar-refractivity contribution in [1.82, 2.24) is 4.90 Å². The molecule has 0 aliphatic carbocycles. The van der Waals surface area contributed by atoms with Gasteiger partial charge in [0.1, 0.15) is 4.32 Å². The minimum atomic E-state index is -0.976. The SMILES string of the molecule is O=C(O)c1ccc(C=C2SC(=S)N(Cc3ccccc3)C2=O)cc1. The summed E-state index contributed by atoms with van der Waals surface area (Å²) in [5, 5.41) is 8.91. The summed E-state index contributed by atoms with van der Waals surface area (Å²) in [6, 6.07) is 16.0. The summed E-state index contributed by atoms with van der Waals surface area (Å²) in [6.45, 7) is 0.445. The summed E-state index contributed by atoms with van der Waals surface area (Å²) >= 11 is 6.57. The van der Waals surface area contributed by atoms with Gasteiger partial charge in [-0.15, -0.1) is 0 Å². The van der Waals surface area contributed by atoms with Crippen molar-refractivity contribution in [3.05, 3.63) is 76.2 Å². The lowest BCUT2D eigenvalue weighted by atomic mass is 10.1. The van der Waals surface area contributed by atoms with Gasteiger partial charge < -0.3 is 5.11 Å². The van der Waals surface area contributed by atoms with Gasteiger partial charge in [-0.2, -0.15) is 0 Å². The molecule has 0 atom stereocenters. The number of carbonyl (C=O) groups excluding carboxylic acids is 1. The number of carboxylic acid groups (broad SMARTS) is 1. The summed E-state index contributed by atoms with van der Waals surface area (Å²) < 4.78 is 0.525. The largest absolute Gasteiger partial charge is 0.478 e. The third-order valence-corrected chi connectivity index (χ3v) is 4.89. The van der Waals surface area contributed by atoms with Gasteiger partial charge in [0, 0.05) is 0 Å². The molecule has 6 heteroatoms. The molecule has 2 aromatic carbocycles. The molecule has 24 heavy (non-hydrogen) atoms. The molecule has 1 saturated heterocycles. The molecule has 120 valence electrons. The lowest BCUT2D eigenvalue weighted by molar-refractivity contribution is -0.122. The number of thioether (sulfide) groups is 1. The molecular formula is C18H13NO3S2. The van der Waals surface area contributed by atoms with Crippen molar-refractivity contribution >= 4 is 46.3 Å². The molecule has 1 heterocycles. The van der Waals surface area contributed by atoms with E-state index in [0.29, 0.717) is 15.8 Å². The number of hydrogen-bond donors (Lipinski definition) is 1.